The highest BCUT2D eigenvalue weighted by Gasteiger charge is 2.31. The summed E-state index contributed by atoms with van der Waals surface area (Å²) >= 11 is 0. The van der Waals surface area contributed by atoms with Crippen molar-refractivity contribution in [1.29, 1.82) is 0 Å². The number of rotatable bonds is 9. The van der Waals surface area contributed by atoms with Crippen molar-refractivity contribution in [3.63, 3.8) is 0 Å². The molecule has 2 aromatic heterocycles. The molecule has 0 fully saturated rings. The molecular formula is C62H93NO6P2. The summed E-state index contributed by atoms with van der Waals surface area (Å²) in [5.41, 5.74) is 12.0. The summed E-state index contributed by atoms with van der Waals surface area (Å²) in [5.74, 6) is 0. The topological polar surface area (TPSA) is 74.3 Å². The van der Waals surface area contributed by atoms with Gasteiger partial charge in [-0.25, -0.2) is 0 Å². The predicted octanol–water partition coefficient (Wildman–Crippen LogP) is 19.2. The Kier molecular flexibility index (Phi) is 15.8. The van der Waals surface area contributed by atoms with Crippen molar-refractivity contribution in [2.75, 3.05) is 32.8 Å². The number of hydrogen-bond donors (Lipinski definition) is 0. The maximum Gasteiger partial charge on any atom is 0.387 e. The number of hydrogen-bond acceptors (Lipinski definition) is 7. The summed E-state index contributed by atoms with van der Waals surface area (Å²) in [6.07, 6.45) is 0. The van der Waals surface area contributed by atoms with Gasteiger partial charge < -0.3 is 16.8 Å². The quantitative estimate of drug-likeness (QED) is 0.143. The third kappa shape index (κ3) is 12.9. The average molecular weight is 1010 g/mol. The van der Waals surface area contributed by atoms with Crippen LogP contribution >= 0.6 is 16.5 Å². The zero-order chi connectivity index (χ0) is 53.4. The molecule has 392 valence electrons. The monoisotopic (exact) mass is 1010 g/mol. The van der Waals surface area contributed by atoms with Crippen LogP contribution in [0.15, 0.2) is 65.3 Å². The van der Waals surface area contributed by atoms with Crippen LogP contribution in [0.2, 0.25) is 0 Å². The normalized spacial score (nSPS) is 13.9. The molecule has 0 spiro atoms. The first-order valence-electron chi connectivity index (χ1n) is 26.3. The molecule has 2 heterocycles. The highest BCUT2D eigenvalue weighted by Crippen LogP contribution is 2.47. The van der Waals surface area contributed by atoms with Gasteiger partial charge in [-0.2, -0.15) is 0 Å². The van der Waals surface area contributed by atoms with Gasteiger partial charge in [0.2, 0.25) is 0 Å². The van der Waals surface area contributed by atoms with Gasteiger partial charge in [-0.05, 0) is 96.4 Å². The fourth-order valence-corrected chi connectivity index (χ4v) is 11.2. The molecule has 7 nitrogen and oxygen atoms in total. The zero-order valence-electron chi connectivity index (χ0n) is 48.9. The van der Waals surface area contributed by atoms with Gasteiger partial charge in [-0.3, -0.25) is 13.9 Å². The van der Waals surface area contributed by atoms with Crippen molar-refractivity contribution >= 4 is 60.4 Å². The molecule has 0 aliphatic carbocycles. The van der Waals surface area contributed by atoms with E-state index in [4.69, 9.17) is 25.8 Å². The van der Waals surface area contributed by atoms with E-state index in [-0.39, 0.29) is 43.3 Å². The van der Waals surface area contributed by atoms with Crippen LogP contribution in [0.1, 0.15) is 218 Å². The lowest BCUT2D eigenvalue weighted by Gasteiger charge is -2.27. The first-order chi connectivity index (χ1) is 32.2. The van der Waals surface area contributed by atoms with Crippen LogP contribution < -0.4 is 9.05 Å². The first kappa shape index (κ1) is 56.8. The molecule has 6 rings (SSSR count). The van der Waals surface area contributed by atoms with E-state index in [0.717, 1.165) is 72.7 Å². The Labute approximate surface area is 431 Å². The molecule has 0 bridgehead atoms. The molecule has 0 atom stereocenters. The highest BCUT2D eigenvalue weighted by molar-refractivity contribution is 7.32. The lowest BCUT2D eigenvalue weighted by atomic mass is 9.77. The Bertz CT molecular complexity index is 2600. The predicted molar refractivity (Wildman–Crippen MR) is 307 cm³/mol. The van der Waals surface area contributed by atoms with E-state index in [2.05, 4.69) is 227 Å². The van der Waals surface area contributed by atoms with Crippen molar-refractivity contribution in [3.8, 4) is 0 Å². The molecule has 0 saturated carbocycles. The molecule has 0 aliphatic rings. The van der Waals surface area contributed by atoms with E-state index in [1.165, 1.54) is 22.3 Å². The van der Waals surface area contributed by atoms with E-state index in [1.807, 2.05) is 0 Å². The highest BCUT2D eigenvalue weighted by atomic mass is 31.1. The smallest absolute Gasteiger partial charge is 0.387 e. The van der Waals surface area contributed by atoms with Crippen LogP contribution in [0.4, 0.5) is 0 Å². The Balaban J connectivity index is 1.42. The molecular weight excluding hydrogens is 917 g/mol. The second kappa shape index (κ2) is 19.7. The fraction of sp³-hybridized carbons (Fsp3) is 0.613. The SMILES string of the molecule is CCN(CCOp1oc2c(C(C)(C)C)cc(C(C)(C)C)cc2c2cc(C(C)(C)C)cc(C(C)(C)C)c2o1)CCOp1oc2c(C(C)(C)C)cc(C(C)(C)C)cc2c2cc(C(C)(C)C)cc(C(C)(C)C)c2o1. The second-order valence-electron chi connectivity index (χ2n) is 28.5. The maximum absolute atomic E-state index is 7.07. The second-order valence-corrected chi connectivity index (χ2v) is 30.7. The molecule has 0 radical (unpaired) electrons. The summed E-state index contributed by atoms with van der Waals surface area (Å²) in [7, 11) is -3.65. The minimum absolute atomic E-state index is 0.0763. The molecule has 9 heteroatoms. The third-order valence-corrected chi connectivity index (χ3v) is 16.1. The van der Waals surface area contributed by atoms with Gasteiger partial charge in [0.05, 0.1) is 13.2 Å². The van der Waals surface area contributed by atoms with Crippen molar-refractivity contribution < 1.29 is 25.8 Å². The Morgan fingerprint density at radius 1 is 0.338 bits per heavy atom. The van der Waals surface area contributed by atoms with Crippen LogP contribution in [0.5, 0.6) is 0 Å². The number of benzene rings is 4. The summed E-state index contributed by atoms with van der Waals surface area (Å²) in [6, 6.07) is 18.7. The van der Waals surface area contributed by atoms with E-state index < -0.39 is 16.5 Å². The lowest BCUT2D eigenvalue weighted by molar-refractivity contribution is 0.211. The van der Waals surface area contributed by atoms with E-state index >= 15 is 0 Å². The van der Waals surface area contributed by atoms with Crippen LogP contribution in [-0.4, -0.2) is 37.7 Å². The van der Waals surface area contributed by atoms with E-state index in [9.17, 15) is 0 Å². The summed E-state index contributed by atoms with van der Waals surface area (Å²) in [6.45, 7) is 59.8. The van der Waals surface area contributed by atoms with Crippen LogP contribution in [0.3, 0.4) is 0 Å². The number of nitrogens with zero attached hydrogens (tertiary/aromatic N) is 1. The summed E-state index contributed by atoms with van der Waals surface area (Å²) in [5, 5.41) is 4.27. The minimum atomic E-state index is -1.83. The summed E-state index contributed by atoms with van der Waals surface area (Å²) < 4.78 is 41.8. The number of likely N-dealkylation sites (N-methyl/N-ethyl adjacent to an activating group) is 1. The van der Waals surface area contributed by atoms with Gasteiger partial charge in [0.1, 0.15) is 22.3 Å². The van der Waals surface area contributed by atoms with Crippen molar-refractivity contribution in [3.05, 3.63) is 93.0 Å². The van der Waals surface area contributed by atoms with Crippen molar-refractivity contribution in [1.82, 2.24) is 4.90 Å². The molecule has 4 aromatic carbocycles. The zero-order valence-corrected chi connectivity index (χ0v) is 50.7. The molecule has 0 aliphatic heterocycles. The molecule has 0 N–H and O–H groups in total. The Morgan fingerprint density at radius 2 is 0.549 bits per heavy atom. The van der Waals surface area contributed by atoms with E-state index in [1.54, 1.807) is 0 Å². The molecule has 0 amide bonds. The molecule has 6 aromatic rings. The Hall–Kier alpha value is -3.44. The van der Waals surface area contributed by atoms with Gasteiger partial charge >= 0.3 is 16.5 Å². The molecule has 0 saturated heterocycles. The van der Waals surface area contributed by atoms with Crippen LogP contribution in [0.25, 0.3) is 43.9 Å². The number of fused-ring (bicyclic) bond motifs is 6. The van der Waals surface area contributed by atoms with Gasteiger partial charge in [-0.1, -0.05) is 197 Å². The molecule has 0 unspecified atom stereocenters. The lowest BCUT2D eigenvalue weighted by Crippen LogP contribution is -2.31. The van der Waals surface area contributed by atoms with Gasteiger partial charge in [0.15, 0.2) is 0 Å². The van der Waals surface area contributed by atoms with Gasteiger partial charge in [0.25, 0.3) is 0 Å². The first-order valence-corrected chi connectivity index (χ1v) is 28.5. The maximum atomic E-state index is 7.07. The third-order valence-electron chi connectivity index (χ3n) is 14.0. The van der Waals surface area contributed by atoms with Gasteiger partial charge in [0, 0.05) is 56.9 Å². The fourth-order valence-electron chi connectivity index (χ4n) is 9.03. The van der Waals surface area contributed by atoms with E-state index in [0.29, 0.717) is 26.3 Å². The minimum Gasteiger partial charge on any atom is -0.399 e. The average Bonchev–Trinajstić information content (AvgIpc) is 3.46. The van der Waals surface area contributed by atoms with Crippen LogP contribution in [-0.2, 0) is 43.3 Å². The molecule has 71 heavy (non-hydrogen) atoms. The van der Waals surface area contributed by atoms with Crippen molar-refractivity contribution in [2.45, 2.75) is 216 Å². The van der Waals surface area contributed by atoms with Crippen LogP contribution in [0, 0.1) is 0 Å². The standard InChI is InChI=1S/C62H93NO6P2/c1-26-63(27-29-64-70-66-51-43(31-39(55(2,3)4)35-47(51)59(14,15)16)44-32-40(56(5,6)7)36-48(52(44)67-70)60(17,18)19)28-30-65-71-68-53-45(33-41(57(8,9)10)37-49(53)61(20,21)22)46-34-42(58(11,12)13)38-50(54(46)69-71)62(23,24)25/h31-38H,26-30H2,1-25H3. The van der Waals surface area contributed by atoms with Crippen molar-refractivity contribution in [2.24, 2.45) is 0 Å². The Morgan fingerprint density at radius 3 is 0.718 bits per heavy atom. The largest absolute Gasteiger partial charge is 0.399 e. The summed E-state index contributed by atoms with van der Waals surface area (Å²) in [4.78, 5) is 2.35. The van der Waals surface area contributed by atoms with Gasteiger partial charge in [-0.15, -0.1) is 0 Å².